The van der Waals surface area contributed by atoms with E-state index in [1.54, 1.807) is 23.2 Å². The van der Waals surface area contributed by atoms with Crippen molar-refractivity contribution >= 4 is 17.2 Å². The van der Waals surface area contributed by atoms with E-state index >= 15 is 0 Å². The first-order chi connectivity index (χ1) is 11.0. The summed E-state index contributed by atoms with van der Waals surface area (Å²) in [7, 11) is 0. The molecule has 2 aromatic heterocycles. The zero-order chi connectivity index (χ0) is 16.4. The summed E-state index contributed by atoms with van der Waals surface area (Å²) in [5, 5.41) is 0. The Morgan fingerprint density at radius 3 is 3.00 bits per heavy atom. The van der Waals surface area contributed by atoms with Crippen molar-refractivity contribution in [3.63, 3.8) is 0 Å². The van der Waals surface area contributed by atoms with Gasteiger partial charge in [-0.2, -0.15) is 0 Å². The van der Waals surface area contributed by atoms with Crippen molar-refractivity contribution in [2.24, 2.45) is 0 Å². The lowest BCUT2D eigenvalue weighted by atomic mass is 10.1. The van der Waals surface area contributed by atoms with Crippen molar-refractivity contribution in [1.29, 1.82) is 0 Å². The number of H-pyrrole nitrogens is 1. The Morgan fingerprint density at radius 1 is 1.48 bits per heavy atom. The molecule has 0 aliphatic carbocycles. The van der Waals surface area contributed by atoms with Gasteiger partial charge in [-0.15, -0.1) is 11.3 Å². The first-order valence-corrected chi connectivity index (χ1v) is 8.35. The molecule has 1 fully saturated rings. The average molecular weight is 333 g/mol. The Labute approximate surface area is 138 Å². The zero-order valence-electron chi connectivity index (χ0n) is 13.2. The highest BCUT2D eigenvalue weighted by atomic mass is 32.1. The molecule has 0 spiro atoms. The third-order valence-electron chi connectivity index (χ3n) is 3.79. The molecule has 3 rings (SSSR count). The molecule has 6 nitrogen and oxygen atoms in total. The summed E-state index contributed by atoms with van der Waals surface area (Å²) < 4.78 is 5.51. The van der Waals surface area contributed by atoms with Gasteiger partial charge in [0.05, 0.1) is 31.4 Å². The summed E-state index contributed by atoms with van der Waals surface area (Å²) in [4.78, 5) is 35.4. The average Bonchev–Trinajstić information content (AvgIpc) is 2.91. The van der Waals surface area contributed by atoms with E-state index in [-0.39, 0.29) is 17.5 Å². The van der Waals surface area contributed by atoms with Gasteiger partial charge in [0, 0.05) is 22.4 Å². The monoisotopic (exact) mass is 333 g/mol. The van der Waals surface area contributed by atoms with E-state index in [2.05, 4.69) is 9.97 Å². The van der Waals surface area contributed by atoms with Gasteiger partial charge >= 0.3 is 0 Å². The number of hydrogen-bond acceptors (Lipinski definition) is 5. The lowest BCUT2D eigenvalue weighted by Crippen LogP contribution is -2.44. The molecule has 3 heterocycles. The number of hydrogen-bond donors (Lipinski definition) is 1. The lowest BCUT2D eigenvalue weighted by molar-refractivity contribution is -0.139. The third-order valence-corrected chi connectivity index (χ3v) is 4.79. The Balaban J connectivity index is 1.83. The molecule has 0 bridgehead atoms. The van der Waals surface area contributed by atoms with Gasteiger partial charge in [-0.3, -0.25) is 9.59 Å². The molecule has 1 saturated heterocycles. The van der Waals surface area contributed by atoms with Crippen LogP contribution in [-0.4, -0.2) is 40.5 Å². The van der Waals surface area contributed by atoms with Crippen molar-refractivity contribution in [1.82, 2.24) is 14.9 Å². The van der Waals surface area contributed by atoms with Crippen LogP contribution in [-0.2, 0) is 16.0 Å². The van der Waals surface area contributed by atoms with Gasteiger partial charge in [-0.1, -0.05) is 0 Å². The fraction of sp³-hybridized carbons (Fsp3) is 0.438. The normalized spacial score (nSPS) is 18.2. The zero-order valence-corrected chi connectivity index (χ0v) is 14.0. The van der Waals surface area contributed by atoms with Gasteiger partial charge in [-0.05, 0) is 26.0 Å². The second-order valence-corrected chi connectivity index (χ2v) is 7.00. The number of aromatic amines is 1. The Morgan fingerprint density at radius 2 is 2.30 bits per heavy atom. The summed E-state index contributed by atoms with van der Waals surface area (Å²) in [5.74, 6) is 0.583. The summed E-state index contributed by atoms with van der Waals surface area (Å²) >= 11 is 1.63. The van der Waals surface area contributed by atoms with Crippen LogP contribution in [0.4, 0.5) is 0 Å². The van der Waals surface area contributed by atoms with E-state index in [0.717, 1.165) is 4.88 Å². The van der Waals surface area contributed by atoms with Crippen LogP contribution in [0.5, 0.6) is 0 Å². The number of carbonyl (C=O) groups excluding carboxylic acids is 1. The fourth-order valence-electron chi connectivity index (χ4n) is 2.75. The maximum atomic E-state index is 12.7. The van der Waals surface area contributed by atoms with Crippen molar-refractivity contribution < 1.29 is 9.53 Å². The van der Waals surface area contributed by atoms with Crippen LogP contribution >= 0.6 is 11.3 Å². The molecule has 1 unspecified atom stereocenters. The molecule has 0 radical (unpaired) electrons. The predicted molar refractivity (Wildman–Crippen MR) is 87.6 cm³/mol. The van der Waals surface area contributed by atoms with Crippen molar-refractivity contribution in [3.05, 3.63) is 49.8 Å². The Hall–Kier alpha value is -1.99. The number of thiophene rings is 1. The number of morpholine rings is 1. The molecule has 0 saturated carbocycles. The van der Waals surface area contributed by atoms with Crippen molar-refractivity contribution in [2.45, 2.75) is 26.3 Å². The van der Waals surface area contributed by atoms with Gasteiger partial charge in [-0.25, -0.2) is 4.98 Å². The smallest absolute Gasteiger partial charge is 0.251 e. The van der Waals surface area contributed by atoms with Gasteiger partial charge in [0.1, 0.15) is 5.82 Å². The molecule has 1 atom stereocenters. The van der Waals surface area contributed by atoms with Crippen LogP contribution in [0, 0.1) is 13.8 Å². The van der Waals surface area contributed by atoms with Crippen LogP contribution < -0.4 is 5.56 Å². The Bertz CT molecular complexity index is 768. The van der Waals surface area contributed by atoms with Crippen LogP contribution in [0.15, 0.2) is 23.0 Å². The maximum absolute atomic E-state index is 12.7. The molecule has 1 amide bonds. The van der Waals surface area contributed by atoms with Crippen LogP contribution in [0.3, 0.4) is 0 Å². The first kappa shape index (κ1) is 15.9. The lowest BCUT2D eigenvalue weighted by Gasteiger charge is -2.35. The predicted octanol–water partition coefficient (Wildman–Crippen LogP) is 1.59. The van der Waals surface area contributed by atoms with Crippen LogP contribution in [0.2, 0.25) is 0 Å². The highest BCUT2D eigenvalue weighted by Crippen LogP contribution is 2.24. The number of amides is 1. The number of carbonyl (C=O) groups is 1. The highest BCUT2D eigenvalue weighted by Gasteiger charge is 2.30. The van der Waals surface area contributed by atoms with Crippen molar-refractivity contribution in [3.8, 4) is 0 Å². The number of aromatic nitrogens is 2. The fourth-order valence-corrected chi connectivity index (χ4v) is 3.63. The number of nitrogens with zero attached hydrogens (tertiary/aromatic N) is 2. The summed E-state index contributed by atoms with van der Waals surface area (Å²) in [6.45, 7) is 5.15. The van der Waals surface area contributed by atoms with Gasteiger partial charge < -0.3 is 14.6 Å². The number of nitrogens with one attached hydrogen (secondary N) is 1. The topological polar surface area (TPSA) is 75.3 Å². The summed E-state index contributed by atoms with van der Waals surface area (Å²) in [6, 6.07) is 5.15. The number of ether oxygens (including phenoxy) is 1. The molecule has 1 aliphatic heterocycles. The highest BCUT2D eigenvalue weighted by molar-refractivity contribution is 7.12. The minimum Gasteiger partial charge on any atom is -0.377 e. The van der Waals surface area contributed by atoms with Gasteiger partial charge in [0.15, 0.2) is 0 Å². The van der Waals surface area contributed by atoms with Crippen LogP contribution in [0.25, 0.3) is 0 Å². The van der Waals surface area contributed by atoms with E-state index < -0.39 is 0 Å². The maximum Gasteiger partial charge on any atom is 0.251 e. The van der Waals surface area contributed by atoms with E-state index in [0.29, 0.717) is 37.7 Å². The number of aryl methyl sites for hydroxylation is 2. The van der Waals surface area contributed by atoms with Gasteiger partial charge in [0.25, 0.3) is 5.56 Å². The largest absolute Gasteiger partial charge is 0.377 e. The van der Waals surface area contributed by atoms with Crippen LogP contribution in [0.1, 0.15) is 27.3 Å². The molecular weight excluding hydrogens is 314 g/mol. The minimum absolute atomic E-state index is 0.0416. The second-order valence-electron chi connectivity index (χ2n) is 5.62. The summed E-state index contributed by atoms with van der Waals surface area (Å²) in [5.41, 5.74) is 0.376. The molecule has 0 aromatic carbocycles. The first-order valence-electron chi connectivity index (χ1n) is 7.53. The standard InChI is InChI=1S/C16H19N3O3S/c1-10-3-4-12(23-10)7-16(21)19-5-6-22-9-14(19)13-8-15(20)18-11(2)17-13/h3-4,8,14H,5-7,9H2,1-2H3,(H,17,18,20). The van der Waals surface area contributed by atoms with Crippen molar-refractivity contribution in [2.75, 3.05) is 19.8 Å². The van der Waals surface area contributed by atoms with E-state index in [9.17, 15) is 9.59 Å². The summed E-state index contributed by atoms with van der Waals surface area (Å²) in [6.07, 6.45) is 0.372. The molecule has 2 aromatic rings. The van der Waals surface area contributed by atoms with E-state index in [1.807, 2.05) is 19.1 Å². The SMILES string of the molecule is Cc1nc(C2COCCN2C(=O)Cc2ccc(C)s2)cc(=O)[nH]1. The molecule has 1 N–H and O–H groups in total. The third kappa shape index (κ3) is 3.68. The second kappa shape index (κ2) is 6.64. The minimum atomic E-state index is -0.307. The Kier molecular flexibility index (Phi) is 4.58. The van der Waals surface area contributed by atoms with E-state index in [1.165, 1.54) is 10.9 Å². The quantitative estimate of drug-likeness (QED) is 0.925. The molecule has 23 heavy (non-hydrogen) atoms. The van der Waals surface area contributed by atoms with E-state index in [4.69, 9.17) is 4.74 Å². The van der Waals surface area contributed by atoms with Gasteiger partial charge in [0.2, 0.25) is 5.91 Å². The number of rotatable bonds is 3. The molecular formula is C16H19N3O3S. The molecule has 1 aliphatic rings. The molecule has 122 valence electrons. The molecule has 7 heteroatoms.